The van der Waals surface area contributed by atoms with E-state index in [0.717, 1.165) is 55.0 Å². The van der Waals surface area contributed by atoms with E-state index in [1.165, 1.54) is 6.07 Å². The van der Waals surface area contributed by atoms with Gasteiger partial charge in [-0.05, 0) is 73.9 Å². The van der Waals surface area contributed by atoms with Crippen molar-refractivity contribution in [2.24, 2.45) is 10.9 Å². The molecular weight excluding hydrogens is 403 g/mol. The van der Waals surface area contributed by atoms with E-state index < -0.39 is 0 Å². The minimum Gasteiger partial charge on any atom is -0.381 e. The van der Waals surface area contributed by atoms with Gasteiger partial charge < -0.3 is 10.1 Å². The molecule has 0 bridgehead atoms. The summed E-state index contributed by atoms with van der Waals surface area (Å²) in [5.41, 5.74) is 4.04. The quantitative estimate of drug-likeness (QED) is 0.486. The largest absolute Gasteiger partial charge is 0.381 e. The van der Waals surface area contributed by atoms with E-state index >= 15 is 0 Å². The van der Waals surface area contributed by atoms with Gasteiger partial charge in [0.25, 0.3) is 0 Å². The van der Waals surface area contributed by atoms with Gasteiger partial charge in [-0.2, -0.15) is 0 Å². The lowest BCUT2D eigenvalue weighted by Gasteiger charge is -2.23. The van der Waals surface area contributed by atoms with E-state index in [2.05, 4.69) is 10.3 Å². The molecule has 4 nitrogen and oxygen atoms in total. The van der Waals surface area contributed by atoms with Gasteiger partial charge in [0.05, 0.1) is 5.92 Å². The van der Waals surface area contributed by atoms with Crippen LogP contribution in [-0.2, 0) is 9.53 Å². The van der Waals surface area contributed by atoms with Crippen molar-refractivity contribution < 1.29 is 13.9 Å². The molecule has 1 heterocycles. The van der Waals surface area contributed by atoms with Gasteiger partial charge >= 0.3 is 0 Å². The SMILES string of the molecule is C/C=C(\N=CCC)C(c1cccc(NC(=O)CC2CCOCC2)c1)c1cccc(F)c1C. The van der Waals surface area contributed by atoms with Crippen LogP contribution in [0.3, 0.4) is 0 Å². The summed E-state index contributed by atoms with van der Waals surface area (Å²) in [5, 5.41) is 3.05. The third-order valence-corrected chi connectivity index (χ3v) is 5.95. The summed E-state index contributed by atoms with van der Waals surface area (Å²) in [6.45, 7) is 7.24. The molecule has 1 atom stereocenters. The lowest BCUT2D eigenvalue weighted by molar-refractivity contribution is -0.117. The molecule has 2 aromatic rings. The van der Waals surface area contributed by atoms with Crippen LogP contribution in [-0.4, -0.2) is 25.3 Å². The zero-order valence-electron chi connectivity index (χ0n) is 19.2. The number of halogens is 1. The van der Waals surface area contributed by atoms with Crippen LogP contribution in [0.25, 0.3) is 0 Å². The molecule has 1 fully saturated rings. The number of hydrogen-bond acceptors (Lipinski definition) is 3. The highest BCUT2D eigenvalue weighted by atomic mass is 19.1. The number of aliphatic imine (C=N–C) groups is 1. The van der Waals surface area contributed by atoms with Crippen molar-refractivity contribution in [3.05, 3.63) is 76.7 Å². The zero-order valence-corrected chi connectivity index (χ0v) is 19.2. The lowest BCUT2D eigenvalue weighted by atomic mass is 9.85. The maximum Gasteiger partial charge on any atom is 0.224 e. The molecule has 1 N–H and O–H groups in total. The van der Waals surface area contributed by atoms with Crippen molar-refractivity contribution in [1.82, 2.24) is 0 Å². The molecule has 0 saturated carbocycles. The molecule has 32 heavy (non-hydrogen) atoms. The van der Waals surface area contributed by atoms with Crippen LogP contribution in [0.4, 0.5) is 10.1 Å². The van der Waals surface area contributed by atoms with Crippen LogP contribution in [0, 0.1) is 18.7 Å². The summed E-state index contributed by atoms with van der Waals surface area (Å²) in [7, 11) is 0. The van der Waals surface area contributed by atoms with Gasteiger partial charge in [0, 0.05) is 37.2 Å². The Morgan fingerprint density at radius 3 is 2.72 bits per heavy atom. The van der Waals surface area contributed by atoms with Crippen molar-refractivity contribution in [1.29, 1.82) is 0 Å². The van der Waals surface area contributed by atoms with Gasteiger partial charge in [0.2, 0.25) is 5.91 Å². The lowest BCUT2D eigenvalue weighted by Crippen LogP contribution is -2.22. The molecule has 0 aromatic heterocycles. The average Bonchev–Trinajstić information content (AvgIpc) is 2.80. The number of allylic oxidation sites excluding steroid dienone is 2. The van der Waals surface area contributed by atoms with Crippen LogP contribution in [0.15, 0.2) is 59.2 Å². The Kier molecular flexibility index (Phi) is 8.74. The number of nitrogens with zero attached hydrogens (tertiary/aromatic N) is 1. The first-order valence-electron chi connectivity index (χ1n) is 11.4. The Morgan fingerprint density at radius 2 is 2.00 bits per heavy atom. The Hall–Kier alpha value is -2.79. The first-order valence-corrected chi connectivity index (χ1v) is 11.4. The summed E-state index contributed by atoms with van der Waals surface area (Å²) in [5.74, 6) is -0.0791. The first kappa shape index (κ1) is 23.9. The van der Waals surface area contributed by atoms with Crippen LogP contribution in [0.5, 0.6) is 0 Å². The molecule has 1 aliphatic heterocycles. The maximum absolute atomic E-state index is 14.4. The van der Waals surface area contributed by atoms with Gasteiger partial charge in [-0.1, -0.05) is 37.3 Å². The van der Waals surface area contributed by atoms with Gasteiger partial charge in [0.15, 0.2) is 0 Å². The van der Waals surface area contributed by atoms with Crippen LogP contribution in [0.1, 0.15) is 62.1 Å². The van der Waals surface area contributed by atoms with E-state index in [-0.39, 0.29) is 17.6 Å². The molecule has 1 aliphatic rings. The topological polar surface area (TPSA) is 50.7 Å². The Bertz CT molecular complexity index is 977. The number of nitrogens with one attached hydrogen (secondary N) is 1. The van der Waals surface area contributed by atoms with Gasteiger partial charge in [-0.3, -0.25) is 9.79 Å². The number of carbonyl (C=O) groups excluding carboxylic acids is 1. The number of ether oxygens (including phenoxy) is 1. The molecule has 3 rings (SSSR count). The van der Waals surface area contributed by atoms with Crippen LogP contribution < -0.4 is 5.32 Å². The summed E-state index contributed by atoms with van der Waals surface area (Å²) in [6, 6.07) is 13.0. The second-order valence-corrected chi connectivity index (χ2v) is 8.25. The number of rotatable bonds is 8. The number of amides is 1. The normalized spacial score (nSPS) is 16.3. The van der Waals surface area contributed by atoms with Crippen molar-refractivity contribution in [3.63, 3.8) is 0 Å². The Balaban J connectivity index is 1.90. The van der Waals surface area contributed by atoms with E-state index in [1.54, 1.807) is 13.0 Å². The third-order valence-electron chi connectivity index (χ3n) is 5.95. The van der Waals surface area contributed by atoms with E-state index in [1.807, 2.05) is 56.5 Å². The summed E-state index contributed by atoms with van der Waals surface area (Å²) < 4.78 is 19.8. The van der Waals surface area contributed by atoms with Crippen LogP contribution >= 0.6 is 0 Å². The fourth-order valence-electron chi connectivity index (χ4n) is 4.18. The number of hydrogen-bond donors (Lipinski definition) is 1. The standard InChI is InChI=1S/C27H33FN2O2/c1-4-14-29-25(5-2)27(23-10-7-11-24(28)19(23)3)21-8-6-9-22(18-21)30-26(31)17-20-12-15-32-16-13-20/h5-11,14,18,20,27H,4,12-13,15-17H2,1-3H3,(H,30,31)/b25-5-,29-14?. The minimum absolute atomic E-state index is 0.0165. The molecule has 0 radical (unpaired) electrons. The second-order valence-electron chi connectivity index (χ2n) is 8.25. The Labute approximate surface area is 190 Å². The van der Waals surface area contributed by atoms with E-state index in [4.69, 9.17) is 4.74 Å². The van der Waals surface area contributed by atoms with Crippen molar-refractivity contribution in [3.8, 4) is 0 Å². The smallest absolute Gasteiger partial charge is 0.224 e. The highest BCUT2D eigenvalue weighted by Crippen LogP contribution is 2.36. The van der Waals surface area contributed by atoms with Crippen molar-refractivity contribution in [2.45, 2.75) is 52.4 Å². The van der Waals surface area contributed by atoms with Gasteiger partial charge in [-0.25, -0.2) is 4.39 Å². The summed E-state index contributed by atoms with van der Waals surface area (Å²) in [4.78, 5) is 17.3. The molecule has 5 heteroatoms. The highest BCUT2D eigenvalue weighted by Gasteiger charge is 2.22. The monoisotopic (exact) mass is 436 g/mol. The fourth-order valence-corrected chi connectivity index (χ4v) is 4.18. The van der Waals surface area contributed by atoms with Crippen molar-refractivity contribution >= 4 is 17.8 Å². The molecule has 0 aliphatic carbocycles. The van der Waals surface area contributed by atoms with Gasteiger partial charge in [-0.15, -0.1) is 0 Å². The highest BCUT2D eigenvalue weighted by molar-refractivity contribution is 5.91. The first-order chi connectivity index (χ1) is 15.5. The Morgan fingerprint density at radius 1 is 1.25 bits per heavy atom. The third kappa shape index (κ3) is 6.13. The van der Waals surface area contributed by atoms with E-state index in [9.17, 15) is 9.18 Å². The molecule has 1 amide bonds. The average molecular weight is 437 g/mol. The van der Waals surface area contributed by atoms with Gasteiger partial charge in [0.1, 0.15) is 5.82 Å². The van der Waals surface area contributed by atoms with Crippen molar-refractivity contribution in [2.75, 3.05) is 18.5 Å². The molecule has 2 aromatic carbocycles. The van der Waals surface area contributed by atoms with Crippen LogP contribution in [0.2, 0.25) is 0 Å². The minimum atomic E-state index is -0.233. The summed E-state index contributed by atoms with van der Waals surface area (Å²) in [6.07, 6.45) is 7.01. The molecule has 1 saturated heterocycles. The zero-order chi connectivity index (χ0) is 22.9. The molecule has 1 unspecified atom stereocenters. The molecule has 0 spiro atoms. The number of carbonyl (C=O) groups is 1. The maximum atomic E-state index is 14.4. The predicted octanol–water partition coefficient (Wildman–Crippen LogP) is 6.41. The van der Waals surface area contributed by atoms with E-state index in [0.29, 0.717) is 17.9 Å². The fraction of sp³-hybridized carbons (Fsp3) is 0.407. The number of anilines is 1. The molecular formula is C27H33FN2O2. The predicted molar refractivity (Wildman–Crippen MR) is 129 cm³/mol. The number of benzene rings is 2. The second kappa shape index (κ2) is 11.7. The molecule has 170 valence electrons. The summed E-state index contributed by atoms with van der Waals surface area (Å²) >= 11 is 0.